The van der Waals surface area contributed by atoms with E-state index in [2.05, 4.69) is 26.7 Å². The minimum absolute atomic E-state index is 0.344. The molecule has 0 atom stereocenters. The molecule has 0 aliphatic carbocycles. The largest absolute Gasteiger partial charge is 0.354 e. The van der Waals surface area contributed by atoms with Crippen molar-refractivity contribution in [3.8, 4) is 0 Å². The first kappa shape index (κ1) is 12.6. The van der Waals surface area contributed by atoms with Gasteiger partial charge < -0.3 is 4.90 Å². The molecule has 1 aromatic heterocycles. The summed E-state index contributed by atoms with van der Waals surface area (Å²) >= 11 is 5.89. The lowest BCUT2D eigenvalue weighted by atomic mass is 10.3. The van der Waals surface area contributed by atoms with Crippen LogP contribution in [0.15, 0.2) is 6.07 Å². The molecule has 1 saturated heterocycles. The quantitative estimate of drug-likeness (QED) is 0.772. The second kappa shape index (κ2) is 5.65. The van der Waals surface area contributed by atoms with E-state index in [0.717, 1.165) is 37.7 Å². The summed E-state index contributed by atoms with van der Waals surface area (Å²) in [6, 6.07) is 2.00. The number of hydrogen-bond acceptors (Lipinski definition) is 4. The number of anilines is 1. The lowest BCUT2D eigenvalue weighted by Gasteiger charge is -2.35. The molecule has 5 heteroatoms. The predicted octanol–water partition coefficient (Wildman–Crippen LogP) is 1.97. The third kappa shape index (κ3) is 3.30. The Hall–Kier alpha value is -0.870. The molecule has 2 rings (SSSR count). The van der Waals surface area contributed by atoms with Crippen LogP contribution in [0.4, 0.5) is 5.82 Å². The molecule has 0 unspecified atom stereocenters. The highest BCUT2D eigenvalue weighted by atomic mass is 35.5. The van der Waals surface area contributed by atoms with E-state index in [1.54, 1.807) is 0 Å². The number of piperazine rings is 1. The molecular formula is C12H19ClN4. The molecule has 0 aromatic carbocycles. The normalized spacial score (nSPS) is 17.5. The van der Waals surface area contributed by atoms with E-state index in [4.69, 9.17) is 11.6 Å². The van der Waals surface area contributed by atoms with Crippen molar-refractivity contribution in [3.63, 3.8) is 0 Å². The van der Waals surface area contributed by atoms with Crippen molar-refractivity contribution >= 4 is 17.4 Å². The first-order valence-electron chi connectivity index (χ1n) is 6.17. The van der Waals surface area contributed by atoms with Crippen LogP contribution in [0.1, 0.15) is 19.0 Å². The molecule has 0 bridgehead atoms. The molecule has 1 aromatic rings. The molecule has 1 aliphatic heterocycles. The van der Waals surface area contributed by atoms with Crippen LogP contribution in [0.3, 0.4) is 0 Å². The second-order valence-corrected chi connectivity index (χ2v) is 4.80. The highest BCUT2D eigenvalue weighted by molar-refractivity contribution is 6.28. The number of aryl methyl sites for hydroxylation is 1. The van der Waals surface area contributed by atoms with Crippen LogP contribution in [0.5, 0.6) is 0 Å². The Kier molecular flexibility index (Phi) is 4.18. The van der Waals surface area contributed by atoms with Crippen molar-refractivity contribution in [3.05, 3.63) is 17.0 Å². The van der Waals surface area contributed by atoms with E-state index < -0.39 is 0 Å². The predicted molar refractivity (Wildman–Crippen MR) is 70.7 cm³/mol. The van der Waals surface area contributed by atoms with Crippen LogP contribution < -0.4 is 4.90 Å². The fraction of sp³-hybridized carbons (Fsp3) is 0.667. The fourth-order valence-corrected chi connectivity index (χ4v) is 2.42. The van der Waals surface area contributed by atoms with Crippen molar-refractivity contribution < 1.29 is 0 Å². The maximum Gasteiger partial charge on any atom is 0.224 e. The lowest BCUT2D eigenvalue weighted by molar-refractivity contribution is 0.258. The maximum atomic E-state index is 5.89. The minimum atomic E-state index is 0.344. The van der Waals surface area contributed by atoms with Gasteiger partial charge in [-0.3, -0.25) is 4.90 Å². The Morgan fingerprint density at radius 3 is 2.53 bits per heavy atom. The van der Waals surface area contributed by atoms with E-state index in [1.165, 1.54) is 13.0 Å². The van der Waals surface area contributed by atoms with Crippen LogP contribution in [0, 0.1) is 6.92 Å². The summed E-state index contributed by atoms with van der Waals surface area (Å²) in [5, 5.41) is 0.344. The van der Waals surface area contributed by atoms with Crippen molar-refractivity contribution in [1.82, 2.24) is 14.9 Å². The summed E-state index contributed by atoms with van der Waals surface area (Å²) in [5.74, 6) is 0.957. The van der Waals surface area contributed by atoms with Gasteiger partial charge in [-0.15, -0.1) is 0 Å². The van der Waals surface area contributed by atoms with Crippen LogP contribution >= 0.6 is 11.6 Å². The smallest absolute Gasteiger partial charge is 0.224 e. The molecule has 1 fully saturated rings. The summed E-state index contributed by atoms with van der Waals surface area (Å²) < 4.78 is 0. The summed E-state index contributed by atoms with van der Waals surface area (Å²) in [6.45, 7) is 9.62. The van der Waals surface area contributed by atoms with Gasteiger partial charge in [0, 0.05) is 37.9 Å². The van der Waals surface area contributed by atoms with Crippen LogP contribution in [0.2, 0.25) is 5.28 Å². The highest BCUT2D eigenvalue weighted by Crippen LogP contribution is 2.16. The third-order valence-corrected chi connectivity index (χ3v) is 3.22. The molecular weight excluding hydrogens is 236 g/mol. The number of hydrogen-bond donors (Lipinski definition) is 0. The Morgan fingerprint density at radius 1 is 1.24 bits per heavy atom. The SMILES string of the molecule is CCCN1CCN(c2cc(C)nc(Cl)n2)CC1. The van der Waals surface area contributed by atoms with Crippen molar-refractivity contribution in [2.75, 3.05) is 37.6 Å². The Labute approximate surface area is 108 Å². The van der Waals surface area contributed by atoms with Crippen molar-refractivity contribution in [2.24, 2.45) is 0 Å². The molecule has 17 heavy (non-hydrogen) atoms. The van der Waals surface area contributed by atoms with E-state index in [9.17, 15) is 0 Å². The van der Waals surface area contributed by atoms with E-state index in [-0.39, 0.29) is 0 Å². The van der Waals surface area contributed by atoms with Gasteiger partial charge >= 0.3 is 0 Å². The van der Waals surface area contributed by atoms with Gasteiger partial charge in [-0.1, -0.05) is 6.92 Å². The topological polar surface area (TPSA) is 32.3 Å². The van der Waals surface area contributed by atoms with Gasteiger partial charge in [0.2, 0.25) is 5.28 Å². The molecule has 0 saturated carbocycles. The van der Waals surface area contributed by atoms with Gasteiger partial charge in [0.1, 0.15) is 5.82 Å². The molecule has 0 amide bonds. The number of rotatable bonds is 3. The number of nitrogens with zero attached hydrogens (tertiary/aromatic N) is 4. The molecule has 0 N–H and O–H groups in total. The average Bonchev–Trinajstić information content (AvgIpc) is 2.29. The molecule has 2 heterocycles. The zero-order valence-corrected chi connectivity index (χ0v) is 11.2. The minimum Gasteiger partial charge on any atom is -0.354 e. The highest BCUT2D eigenvalue weighted by Gasteiger charge is 2.17. The molecule has 0 spiro atoms. The Bertz CT molecular complexity index is 355. The zero-order valence-electron chi connectivity index (χ0n) is 10.5. The summed E-state index contributed by atoms with van der Waals surface area (Å²) in [6.07, 6.45) is 1.22. The molecule has 1 aliphatic rings. The summed E-state index contributed by atoms with van der Waals surface area (Å²) in [4.78, 5) is 13.2. The van der Waals surface area contributed by atoms with Gasteiger partial charge in [0.25, 0.3) is 0 Å². The van der Waals surface area contributed by atoms with Gasteiger partial charge in [0.05, 0.1) is 0 Å². The molecule has 4 nitrogen and oxygen atoms in total. The summed E-state index contributed by atoms with van der Waals surface area (Å²) in [7, 11) is 0. The van der Waals surface area contributed by atoms with E-state index >= 15 is 0 Å². The third-order valence-electron chi connectivity index (χ3n) is 3.05. The first-order valence-corrected chi connectivity index (χ1v) is 6.55. The van der Waals surface area contributed by atoms with Crippen molar-refractivity contribution in [2.45, 2.75) is 20.3 Å². The summed E-state index contributed by atoms with van der Waals surface area (Å²) in [5.41, 5.74) is 0.927. The van der Waals surface area contributed by atoms with Crippen LogP contribution in [-0.2, 0) is 0 Å². The zero-order chi connectivity index (χ0) is 12.3. The van der Waals surface area contributed by atoms with Gasteiger partial charge in [0.15, 0.2) is 0 Å². The molecule has 94 valence electrons. The van der Waals surface area contributed by atoms with E-state index in [1.807, 2.05) is 13.0 Å². The van der Waals surface area contributed by atoms with Crippen LogP contribution in [0.25, 0.3) is 0 Å². The van der Waals surface area contributed by atoms with E-state index in [0.29, 0.717) is 5.28 Å². The van der Waals surface area contributed by atoms with Crippen LogP contribution in [-0.4, -0.2) is 47.6 Å². The Balaban J connectivity index is 2.00. The molecule has 0 radical (unpaired) electrons. The first-order chi connectivity index (χ1) is 8.19. The van der Waals surface area contributed by atoms with Gasteiger partial charge in [-0.25, -0.2) is 9.97 Å². The second-order valence-electron chi connectivity index (χ2n) is 4.47. The number of aromatic nitrogens is 2. The number of halogens is 1. The monoisotopic (exact) mass is 254 g/mol. The average molecular weight is 255 g/mol. The van der Waals surface area contributed by atoms with Crippen molar-refractivity contribution in [1.29, 1.82) is 0 Å². The maximum absolute atomic E-state index is 5.89. The fourth-order valence-electron chi connectivity index (χ4n) is 2.20. The lowest BCUT2D eigenvalue weighted by Crippen LogP contribution is -2.46. The van der Waals surface area contributed by atoms with Gasteiger partial charge in [-0.2, -0.15) is 0 Å². The van der Waals surface area contributed by atoms with Gasteiger partial charge in [-0.05, 0) is 31.5 Å². The Morgan fingerprint density at radius 2 is 1.94 bits per heavy atom. The standard InChI is InChI=1S/C12H19ClN4/c1-3-4-16-5-7-17(8-6-16)11-9-10(2)14-12(13)15-11/h9H,3-8H2,1-2H3.